The van der Waals surface area contributed by atoms with E-state index in [-0.39, 0.29) is 24.4 Å². The Hall–Kier alpha value is -1.76. The van der Waals surface area contributed by atoms with E-state index < -0.39 is 0 Å². The highest BCUT2D eigenvalue weighted by Gasteiger charge is 2.42. The van der Waals surface area contributed by atoms with Crippen LogP contribution in [0.1, 0.15) is 47.3 Å². The molecule has 4 rings (SSSR count). The molecule has 2 fully saturated rings. The van der Waals surface area contributed by atoms with Crippen molar-refractivity contribution in [2.75, 3.05) is 40.6 Å². The van der Waals surface area contributed by atoms with Crippen LogP contribution < -0.4 is 0 Å². The van der Waals surface area contributed by atoms with E-state index in [9.17, 15) is 0 Å². The largest absolute Gasteiger partial charge is 0.385 e. The van der Waals surface area contributed by atoms with Crippen LogP contribution in [0.5, 0.6) is 0 Å². The molecule has 5 heteroatoms. The van der Waals surface area contributed by atoms with Crippen LogP contribution in [0.15, 0.2) is 48.5 Å². The predicted molar refractivity (Wildman–Crippen MR) is 119 cm³/mol. The molecule has 0 aromatic heterocycles. The minimum atomic E-state index is -0.0800. The maximum atomic E-state index is 6.66. The molecule has 2 heterocycles. The van der Waals surface area contributed by atoms with Crippen molar-refractivity contribution in [3.8, 4) is 0 Å². The normalized spacial score (nSPS) is 21.6. The topological polar surface area (TPSA) is 52.8 Å². The van der Waals surface area contributed by atoms with E-state index in [1.54, 1.807) is 14.2 Å². The Kier molecular flexibility index (Phi) is 8.11. The molecular formula is C26H34O5. The summed E-state index contributed by atoms with van der Waals surface area (Å²) < 4.78 is 28.3. The first-order chi connectivity index (χ1) is 15.3. The van der Waals surface area contributed by atoms with Crippen LogP contribution in [0.3, 0.4) is 0 Å². The summed E-state index contributed by atoms with van der Waals surface area (Å²) in [6.07, 6.45) is 4.19. The second kappa shape index (κ2) is 11.2. The molecule has 2 saturated heterocycles. The summed E-state index contributed by atoms with van der Waals surface area (Å²) >= 11 is 0. The summed E-state index contributed by atoms with van der Waals surface area (Å²) in [6, 6.07) is 17.5. The maximum Gasteiger partial charge on any atom is 0.112 e. The van der Waals surface area contributed by atoms with Gasteiger partial charge in [-0.3, -0.25) is 0 Å². The second-order valence-corrected chi connectivity index (χ2v) is 8.40. The molecule has 0 bridgehead atoms. The van der Waals surface area contributed by atoms with Gasteiger partial charge >= 0.3 is 0 Å². The number of epoxide rings is 2. The molecule has 2 aliphatic rings. The molecule has 0 spiro atoms. The minimum absolute atomic E-state index is 0.0800. The fraction of sp³-hybridized carbons (Fsp3) is 0.538. The Bertz CT molecular complexity index is 713. The van der Waals surface area contributed by atoms with E-state index in [0.717, 1.165) is 52.1 Å². The zero-order valence-corrected chi connectivity index (χ0v) is 18.6. The van der Waals surface area contributed by atoms with Gasteiger partial charge in [-0.2, -0.15) is 0 Å². The van der Waals surface area contributed by atoms with Crippen molar-refractivity contribution in [2.45, 2.75) is 50.1 Å². The minimum Gasteiger partial charge on any atom is -0.385 e. The first-order valence-corrected chi connectivity index (χ1v) is 11.3. The van der Waals surface area contributed by atoms with Gasteiger partial charge in [-0.1, -0.05) is 48.5 Å². The van der Waals surface area contributed by atoms with Crippen LogP contribution >= 0.6 is 0 Å². The molecular weight excluding hydrogens is 392 g/mol. The number of methoxy groups -OCH3 is 2. The van der Waals surface area contributed by atoms with E-state index >= 15 is 0 Å². The molecule has 2 aromatic carbocycles. The summed E-state index contributed by atoms with van der Waals surface area (Å²) in [5.74, 6) is 0. The van der Waals surface area contributed by atoms with Crippen molar-refractivity contribution < 1.29 is 23.7 Å². The Morgan fingerprint density at radius 3 is 1.42 bits per heavy atom. The van der Waals surface area contributed by atoms with Crippen molar-refractivity contribution >= 4 is 0 Å². The molecule has 2 aromatic rings. The number of benzene rings is 2. The van der Waals surface area contributed by atoms with Crippen molar-refractivity contribution in [1.82, 2.24) is 0 Å². The van der Waals surface area contributed by atoms with Crippen molar-refractivity contribution in [3.63, 3.8) is 0 Å². The van der Waals surface area contributed by atoms with Crippen LogP contribution in [-0.2, 0) is 36.5 Å². The number of rotatable bonds is 14. The SMILES string of the molecule is COCCCc1ccc(C(OC(c2ccc(CCCOC)cc2)C2CO2)C2CO2)cc1. The molecule has 5 nitrogen and oxygen atoms in total. The van der Waals surface area contributed by atoms with Gasteiger partial charge < -0.3 is 23.7 Å². The summed E-state index contributed by atoms with van der Waals surface area (Å²) in [5, 5.41) is 0. The fourth-order valence-corrected chi connectivity index (χ4v) is 3.97. The van der Waals surface area contributed by atoms with E-state index in [0.29, 0.717) is 0 Å². The highest BCUT2D eigenvalue weighted by Crippen LogP contribution is 2.40. The van der Waals surface area contributed by atoms with Gasteiger partial charge in [0.15, 0.2) is 0 Å². The van der Waals surface area contributed by atoms with Gasteiger partial charge in [-0.05, 0) is 47.9 Å². The van der Waals surface area contributed by atoms with E-state index in [1.165, 1.54) is 22.3 Å². The zero-order valence-electron chi connectivity index (χ0n) is 18.6. The van der Waals surface area contributed by atoms with Crippen molar-refractivity contribution in [3.05, 3.63) is 70.8 Å². The number of ether oxygens (including phenoxy) is 5. The lowest BCUT2D eigenvalue weighted by atomic mass is 10.00. The Morgan fingerprint density at radius 2 is 1.10 bits per heavy atom. The molecule has 2 aliphatic heterocycles. The molecule has 31 heavy (non-hydrogen) atoms. The molecule has 0 N–H and O–H groups in total. The van der Waals surface area contributed by atoms with Gasteiger partial charge in [0.2, 0.25) is 0 Å². The van der Waals surface area contributed by atoms with Gasteiger partial charge in [-0.15, -0.1) is 0 Å². The van der Waals surface area contributed by atoms with Gasteiger partial charge in [0.1, 0.15) is 24.4 Å². The molecule has 0 saturated carbocycles. The monoisotopic (exact) mass is 426 g/mol. The first kappa shape index (κ1) is 22.4. The smallest absolute Gasteiger partial charge is 0.112 e. The maximum absolute atomic E-state index is 6.66. The van der Waals surface area contributed by atoms with E-state index in [2.05, 4.69) is 48.5 Å². The van der Waals surface area contributed by atoms with Crippen LogP contribution in [-0.4, -0.2) is 52.9 Å². The molecule has 0 amide bonds. The highest BCUT2D eigenvalue weighted by molar-refractivity contribution is 5.28. The van der Waals surface area contributed by atoms with Crippen molar-refractivity contribution in [1.29, 1.82) is 0 Å². The average molecular weight is 427 g/mol. The van der Waals surface area contributed by atoms with Gasteiger partial charge in [0, 0.05) is 27.4 Å². The third kappa shape index (κ3) is 6.61. The van der Waals surface area contributed by atoms with Crippen molar-refractivity contribution in [2.24, 2.45) is 0 Å². The Morgan fingerprint density at radius 1 is 0.710 bits per heavy atom. The second-order valence-electron chi connectivity index (χ2n) is 8.40. The summed E-state index contributed by atoms with van der Waals surface area (Å²) in [4.78, 5) is 0. The van der Waals surface area contributed by atoms with Crippen LogP contribution in [0, 0.1) is 0 Å². The van der Waals surface area contributed by atoms with Crippen LogP contribution in [0.2, 0.25) is 0 Å². The van der Waals surface area contributed by atoms with Gasteiger partial charge in [-0.25, -0.2) is 0 Å². The third-order valence-corrected chi connectivity index (χ3v) is 5.93. The lowest BCUT2D eigenvalue weighted by Crippen LogP contribution is -2.19. The van der Waals surface area contributed by atoms with Crippen LogP contribution in [0.25, 0.3) is 0 Å². The number of hydrogen-bond acceptors (Lipinski definition) is 5. The zero-order chi connectivity index (χ0) is 21.5. The van der Waals surface area contributed by atoms with E-state index in [1.807, 2.05) is 0 Å². The summed E-state index contributed by atoms with van der Waals surface area (Å²) in [6.45, 7) is 3.07. The molecule has 4 unspecified atom stereocenters. The first-order valence-electron chi connectivity index (χ1n) is 11.3. The van der Waals surface area contributed by atoms with Gasteiger partial charge in [0.05, 0.1) is 13.2 Å². The highest BCUT2D eigenvalue weighted by atomic mass is 16.6. The third-order valence-electron chi connectivity index (χ3n) is 5.93. The lowest BCUT2D eigenvalue weighted by Gasteiger charge is -2.24. The quantitative estimate of drug-likeness (QED) is 0.330. The Labute approximate surface area is 185 Å². The molecule has 0 aliphatic carbocycles. The van der Waals surface area contributed by atoms with Gasteiger partial charge in [0.25, 0.3) is 0 Å². The average Bonchev–Trinajstić information content (AvgIpc) is 3.70. The number of aryl methyl sites for hydroxylation is 2. The molecule has 168 valence electrons. The standard InChI is InChI=1S/C26H34O5/c1-27-15-3-5-19-7-11-21(12-8-19)25(23-17-29-23)31-26(24-18-30-24)22-13-9-20(10-14-22)6-4-16-28-2/h7-14,23-26H,3-6,15-18H2,1-2H3. The lowest BCUT2D eigenvalue weighted by molar-refractivity contribution is -0.0419. The van der Waals surface area contributed by atoms with E-state index in [4.69, 9.17) is 23.7 Å². The number of hydrogen-bond donors (Lipinski definition) is 0. The summed E-state index contributed by atoms with van der Waals surface area (Å²) in [7, 11) is 3.49. The molecule has 0 radical (unpaired) electrons. The fourth-order valence-electron chi connectivity index (χ4n) is 3.97. The summed E-state index contributed by atoms with van der Waals surface area (Å²) in [5.41, 5.74) is 4.98. The predicted octanol–water partition coefficient (Wildman–Crippen LogP) is 4.44. The Balaban J connectivity index is 1.42. The molecule has 4 atom stereocenters. The van der Waals surface area contributed by atoms with Crippen LogP contribution in [0.4, 0.5) is 0 Å².